The van der Waals surface area contributed by atoms with Crippen LogP contribution in [0.1, 0.15) is 28.9 Å². The molecule has 2 atom stereocenters. The molecule has 1 aliphatic rings. The second-order valence-corrected chi connectivity index (χ2v) is 6.55. The monoisotopic (exact) mass is 358 g/mol. The molecule has 7 heteroatoms. The quantitative estimate of drug-likeness (QED) is 0.550. The minimum Gasteiger partial charge on any atom is -0.260 e. The highest BCUT2D eigenvalue weighted by Crippen LogP contribution is 2.43. The van der Waals surface area contributed by atoms with Gasteiger partial charge in [0.05, 0.1) is 23.5 Å². The van der Waals surface area contributed by atoms with E-state index in [2.05, 4.69) is 20.3 Å². The predicted octanol–water partition coefficient (Wildman–Crippen LogP) is 3.53. The third kappa shape index (κ3) is 2.51. The average molecular weight is 358 g/mol. The van der Waals surface area contributed by atoms with E-state index in [0.29, 0.717) is 0 Å². The van der Waals surface area contributed by atoms with Gasteiger partial charge in [0.2, 0.25) is 0 Å². The highest BCUT2D eigenvalue weighted by Gasteiger charge is 2.34. The first-order chi connectivity index (χ1) is 13.2. The molecule has 5 rings (SSSR count). The molecule has 0 saturated heterocycles. The molecule has 3 heterocycles. The summed E-state index contributed by atoms with van der Waals surface area (Å²) in [6.45, 7) is 0. The maximum Gasteiger partial charge on any atom is 0.138 e. The molecule has 1 aliphatic heterocycles. The van der Waals surface area contributed by atoms with Crippen molar-refractivity contribution in [2.75, 3.05) is 0 Å². The molecule has 2 unspecified atom stereocenters. The lowest BCUT2D eigenvalue weighted by molar-refractivity contribution is 0.607. The third-order valence-corrected chi connectivity index (χ3v) is 5.00. The summed E-state index contributed by atoms with van der Waals surface area (Å²) in [4.78, 5) is 9.21. The van der Waals surface area contributed by atoms with Crippen molar-refractivity contribution in [2.24, 2.45) is 12.0 Å². The van der Waals surface area contributed by atoms with Gasteiger partial charge in [-0.25, -0.2) is 9.37 Å². The summed E-state index contributed by atoms with van der Waals surface area (Å²) in [5, 5.41) is 14.9. The van der Waals surface area contributed by atoms with Crippen LogP contribution in [0.2, 0.25) is 0 Å². The fourth-order valence-corrected chi connectivity index (χ4v) is 3.72. The number of halogens is 1. The van der Waals surface area contributed by atoms with E-state index < -0.39 is 0 Å². The van der Waals surface area contributed by atoms with Crippen LogP contribution in [0.25, 0.3) is 10.8 Å². The standard InChI is InChI=1S/C20H15FN6/c1-27-20(23-11-25-27)18-15(12-5-7-14(21)8-6-12)10-22-16-4-2-3-13-9-24-26-19(18)17(13)16/h2-11,15,18H,1H3. The molecule has 0 saturated carbocycles. The number of aromatic nitrogens is 5. The van der Waals surface area contributed by atoms with E-state index in [1.165, 1.54) is 18.5 Å². The van der Waals surface area contributed by atoms with Gasteiger partial charge in [0.25, 0.3) is 0 Å². The van der Waals surface area contributed by atoms with E-state index in [1.807, 2.05) is 31.5 Å². The Labute approximate surface area is 154 Å². The molecule has 27 heavy (non-hydrogen) atoms. The molecule has 0 N–H and O–H groups in total. The van der Waals surface area contributed by atoms with Crippen molar-refractivity contribution in [3.63, 3.8) is 0 Å². The second kappa shape index (κ2) is 6.05. The highest BCUT2D eigenvalue weighted by molar-refractivity contribution is 5.97. The van der Waals surface area contributed by atoms with Crippen LogP contribution in [-0.4, -0.2) is 31.2 Å². The van der Waals surface area contributed by atoms with Crippen LogP contribution in [0.15, 0.2) is 60.0 Å². The number of benzene rings is 2. The van der Waals surface area contributed by atoms with Crippen molar-refractivity contribution in [2.45, 2.75) is 11.8 Å². The van der Waals surface area contributed by atoms with Gasteiger partial charge in [0, 0.05) is 30.0 Å². The summed E-state index contributed by atoms with van der Waals surface area (Å²) in [7, 11) is 1.85. The zero-order valence-corrected chi connectivity index (χ0v) is 14.5. The molecule has 2 aromatic heterocycles. The Hall–Kier alpha value is -3.48. The fraction of sp³-hybridized carbons (Fsp3) is 0.150. The second-order valence-electron chi connectivity index (χ2n) is 6.55. The van der Waals surface area contributed by atoms with Gasteiger partial charge in [0.15, 0.2) is 0 Å². The first-order valence-electron chi connectivity index (χ1n) is 8.60. The first kappa shape index (κ1) is 15.7. The van der Waals surface area contributed by atoms with Crippen LogP contribution >= 0.6 is 0 Å². The van der Waals surface area contributed by atoms with Crippen LogP contribution in [0, 0.1) is 5.82 Å². The highest BCUT2D eigenvalue weighted by atomic mass is 19.1. The summed E-state index contributed by atoms with van der Waals surface area (Å²) in [5.41, 5.74) is 2.57. The van der Waals surface area contributed by atoms with Gasteiger partial charge in [-0.3, -0.25) is 9.67 Å². The molecule has 0 bridgehead atoms. The van der Waals surface area contributed by atoms with Gasteiger partial charge in [0.1, 0.15) is 18.0 Å². The number of nitrogens with zero attached hydrogens (tertiary/aromatic N) is 6. The lowest BCUT2D eigenvalue weighted by Gasteiger charge is -2.22. The Bertz CT molecular complexity index is 1160. The molecule has 0 amide bonds. The van der Waals surface area contributed by atoms with Gasteiger partial charge in [-0.2, -0.15) is 15.3 Å². The Morgan fingerprint density at radius 3 is 2.70 bits per heavy atom. The van der Waals surface area contributed by atoms with Crippen molar-refractivity contribution >= 4 is 22.7 Å². The smallest absolute Gasteiger partial charge is 0.138 e. The third-order valence-electron chi connectivity index (χ3n) is 5.00. The van der Waals surface area contributed by atoms with Crippen molar-refractivity contribution in [1.29, 1.82) is 0 Å². The topological polar surface area (TPSA) is 68.8 Å². The molecule has 0 radical (unpaired) electrons. The molecule has 2 aromatic carbocycles. The maximum atomic E-state index is 13.5. The van der Waals surface area contributed by atoms with Crippen LogP contribution in [0.4, 0.5) is 10.1 Å². The van der Waals surface area contributed by atoms with E-state index in [0.717, 1.165) is 33.5 Å². The molecule has 0 spiro atoms. The van der Waals surface area contributed by atoms with E-state index in [-0.39, 0.29) is 17.7 Å². The normalized spacial score (nSPS) is 18.6. The number of rotatable bonds is 2. The predicted molar refractivity (Wildman–Crippen MR) is 99.7 cm³/mol. The Kier molecular flexibility index (Phi) is 3.53. The summed E-state index contributed by atoms with van der Waals surface area (Å²) in [5.74, 6) is 0.0614. The maximum absolute atomic E-state index is 13.5. The number of hydrogen-bond acceptors (Lipinski definition) is 5. The van der Waals surface area contributed by atoms with Crippen molar-refractivity contribution in [3.8, 4) is 0 Å². The van der Waals surface area contributed by atoms with Crippen LogP contribution in [-0.2, 0) is 7.05 Å². The van der Waals surface area contributed by atoms with Crippen LogP contribution in [0.5, 0.6) is 0 Å². The Morgan fingerprint density at radius 2 is 1.93 bits per heavy atom. The van der Waals surface area contributed by atoms with Gasteiger partial charge in [-0.1, -0.05) is 24.3 Å². The average Bonchev–Trinajstić information content (AvgIpc) is 3.03. The van der Waals surface area contributed by atoms with E-state index in [9.17, 15) is 4.39 Å². The summed E-state index contributed by atoms with van der Waals surface area (Å²) in [6, 6.07) is 12.4. The van der Waals surface area contributed by atoms with Gasteiger partial charge in [-0.05, 0) is 23.8 Å². The van der Waals surface area contributed by atoms with E-state index in [1.54, 1.807) is 23.0 Å². The molecule has 0 fully saturated rings. The van der Waals surface area contributed by atoms with E-state index >= 15 is 0 Å². The Balaban J connectivity index is 1.82. The number of hydrogen-bond donors (Lipinski definition) is 0. The first-order valence-corrected chi connectivity index (χ1v) is 8.60. The van der Waals surface area contributed by atoms with Crippen molar-refractivity contribution < 1.29 is 4.39 Å². The van der Waals surface area contributed by atoms with E-state index in [4.69, 9.17) is 4.99 Å². The molecular weight excluding hydrogens is 343 g/mol. The molecule has 6 nitrogen and oxygen atoms in total. The zero-order chi connectivity index (χ0) is 18.4. The van der Waals surface area contributed by atoms with Gasteiger partial charge < -0.3 is 0 Å². The zero-order valence-electron chi connectivity index (χ0n) is 14.5. The summed E-state index contributed by atoms with van der Waals surface area (Å²) >= 11 is 0. The summed E-state index contributed by atoms with van der Waals surface area (Å²) < 4.78 is 15.2. The Morgan fingerprint density at radius 1 is 1.07 bits per heavy atom. The minimum absolute atomic E-state index is 0.180. The van der Waals surface area contributed by atoms with Crippen molar-refractivity contribution in [3.05, 3.63) is 77.9 Å². The lowest BCUT2D eigenvalue weighted by atomic mass is 9.83. The van der Waals surface area contributed by atoms with Gasteiger partial charge in [-0.15, -0.1) is 0 Å². The van der Waals surface area contributed by atoms with Gasteiger partial charge >= 0.3 is 0 Å². The van der Waals surface area contributed by atoms with Crippen LogP contribution < -0.4 is 0 Å². The number of aliphatic imine (C=N–C) groups is 1. The molecule has 4 aromatic rings. The molecular formula is C20H15FN6. The fourth-order valence-electron chi connectivity index (χ4n) is 3.72. The SMILES string of the molecule is Cn1ncnc1C1c2nncc3cccc(c23)N=CC1c1ccc(F)cc1. The summed E-state index contributed by atoms with van der Waals surface area (Å²) in [6.07, 6.45) is 5.16. The van der Waals surface area contributed by atoms with Crippen LogP contribution in [0.3, 0.4) is 0 Å². The molecule has 0 aliphatic carbocycles. The largest absolute Gasteiger partial charge is 0.260 e. The lowest BCUT2D eigenvalue weighted by Crippen LogP contribution is -2.19. The molecule has 132 valence electrons. The van der Waals surface area contributed by atoms with Crippen molar-refractivity contribution in [1.82, 2.24) is 25.0 Å². The minimum atomic E-state index is -0.273. The number of aryl methyl sites for hydroxylation is 1.